The van der Waals surface area contributed by atoms with E-state index >= 15 is 0 Å². The lowest BCUT2D eigenvalue weighted by Crippen LogP contribution is -2.27. The average Bonchev–Trinajstić information content (AvgIpc) is 2.89. The molecule has 0 amide bonds. The van der Waals surface area contributed by atoms with E-state index in [9.17, 15) is 8.42 Å². The molecule has 0 spiro atoms. The van der Waals surface area contributed by atoms with Gasteiger partial charge in [0.2, 0.25) is 16.0 Å². The van der Waals surface area contributed by atoms with Crippen molar-refractivity contribution in [3.05, 3.63) is 90.1 Å². The average molecular weight is 507 g/mol. The van der Waals surface area contributed by atoms with Crippen molar-refractivity contribution in [3.8, 4) is 22.4 Å². The highest BCUT2D eigenvalue weighted by Gasteiger charge is 2.20. The third-order valence-electron chi connectivity index (χ3n) is 5.63. The summed E-state index contributed by atoms with van der Waals surface area (Å²) in [5.41, 5.74) is 4.32. The number of aromatic nitrogens is 2. The molecule has 8 heteroatoms. The first-order chi connectivity index (χ1) is 16.9. The quantitative estimate of drug-likeness (QED) is 0.276. The van der Waals surface area contributed by atoms with Gasteiger partial charge in [-0.05, 0) is 47.9 Å². The number of hydrogen-bond donors (Lipinski definition) is 1. The van der Waals surface area contributed by atoms with E-state index in [0.29, 0.717) is 28.9 Å². The molecule has 180 valence electrons. The molecule has 4 aromatic rings. The zero-order chi connectivity index (χ0) is 24.8. The maximum Gasteiger partial charge on any atom is 0.242 e. The minimum Gasteiger partial charge on any atom is -0.324 e. The van der Waals surface area contributed by atoms with E-state index in [-0.39, 0.29) is 4.90 Å². The fourth-order valence-corrected chi connectivity index (χ4v) is 5.04. The van der Waals surface area contributed by atoms with Crippen LogP contribution in [0.3, 0.4) is 0 Å². The number of rotatable bonds is 9. The summed E-state index contributed by atoms with van der Waals surface area (Å²) in [6.45, 7) is 2.52. The number of hydrogen-bond acceptors (Lipinski definition) is 5. The number of halogens is 1. The predicted octanol–water partition coefficient (Wildman–Crippen LogP) is 6.63. The number of unbranched alkanes of at least 4 members (excludes halogenated alkanes) is 1. The van der Waals surface area contributed by atoms with Gasteiger partial charge in [-0.1, -0.05) is 73.5 Å². The summed E-state index contributed by atoms with van der Waals surface area (Å²) < 4.78 is 26.9. The van der Waals surface area contributed by atoms with E-state index in [2.05, 4.69) is 27.4 Å². The third-order valence-corrected chi connectivity index (χ3v) is 7.78. The largest absolute Gasteiger partial charge is 0.324 e. The summed E-state index contributed by atoms with van der Waals surface area (Å²) in [7, 11) is -1.92. The lowest BCUT2D eigenvalue weighted by atomic mass is 10.0. The molecule has 35 heavy (non-hydrogen) atoms. The highest BCUT2D eigenvalue weighted by Crippen LogP contribution is 2.30. The lowest BCUT2D eigenvalue weighted by molar-refractivity contribution is 0.459. The number of anilines is 2. The van der Waals surface area contributed by atoms with Crippen LogP contribution in [0.25, 0.3) is 22.4 Å². The number of nitrogens with zero attached hydrogens (tertiary/aromatic N) is 3. The number of sulfonamides is 1. The molecule has 1 heterocycles. The molecule has 0 bridgehead atoms. The maximum absolute atomic E-state index is 12.7. The number of nitrogens with one attached hydrogen (secondary N) is 1. The Hall–Kier alpha value is -3.26. The van der Waals surface area contributed by atoms with E-state index in [1.54, 1.807) is 37.5 Å². The van der Waals surface area contributed by atoms with Gasteiger partial charge in [0.15, 0.2) is 0 Å². The molecule has 0 atom stereocenters. The highest BCUT2D eigenvalue weighted by molar-refractivity contribution is 7.89. The van der Waals surface area contributed by atoms with Crippen LogP contribution >= 0.6 is 11.6 Å². The van der Waals surface area contributed by atoms with Gasteiger partial charge >= 0.3 is 0 Å². The van der Waals surface area contributed by atoms with Crippen molar-refractivity contribution in [2.24, 2.45) is 0 Å². The highest BCUT2D eigenvalue weighted by atomic mass is 35.5. The number of benzene rings is 3. The summed E-state index contributed by atoms with van der Waals surface area (Å²) in [6, 6.07) is 24.7. The van der Waals surface area contributed by atoms with Gasteiger partial charge in [-0.3, -0.25) is 0 Å². The molecule has 3 aromatic carbocycles. The zero-order valence-electron chi connectivity index (χ0n) is 19.6. The van der Waals surface area contributed by atoms with Crippen molar-refractivity contribution in [2.45, 2.75) is 24.7 Å². The summed E-state index contributed by atoms with van der Waals surface area (Å²) in [5, 5.41) is 3.58. The normalized spacial score (nSPS) is 11.5. The summed E-state index contributed by atoms with van der Waals surface area (Å²) in [4.78, 5) is 9.17. The molecule has 1 N–H and O–H groups in total. The third kappa shape index (κ3) is 5.88. The van der Waals surface area contributed by atoms with Crippen LogP contribution in [-0.4, -0.2) is 36.3 Å². The maximum atomic E-state index is 12.7. The molecule has 0 fully saturated rings. The van der Waals surface area contributed by atoms with Crippen LogP contribution in [0.4, 0.5) is 11.6 Å². The van der Waals surface area contributed by atoms with Crippen molar-refractivity contribution < 1.29 is 8.42 Å². The monoisotopic (exact) mass is 506 g/mol. The first kappa shape index (κ1) is 24.9. The van der Waals surface area contributed by atoms with E-state index in [1.165, 1.54) is 4.31 Å². The first-order valence-corrected chi connectivity index (χ1v) is 13.2. The summed E-state index contributed by atoms with van der Waals surface area (Å²) >= 11 is 6.44. The molecule has 0 aliphatic carbocycles. The van der Waals surface area contributed by atoms with Gasteiger partial charge in [-0.15, -0.1) is 0 Å². The second-order valence-corrected chi connectivity index (χ2v) is 10.6. The smallest absolute Gasteiger partial charge is 0.242 e. The van der Waals surface area contributed by atoms with Crippen LogP contribution in [0.2, 0.25) is 5.02 Å². The van der Waals surface area contributed by atoms with Gasteiger partial charge in [0.05, 0.1) is 21.8 Å². The molecular formula is C27H27ClN4O2S. The zero-order valence-corrected chi connectivity index (χ0v) is 21.2. The minimum atomic E-state index is -3.52. The Kier molecular flexibility index (Phi) is 7.80. The van der Waals surface area contributed by atoms with Gasteiger partial charge in [0.25, 0.3) is 0 Å². The predicted molar refractivity (Wildman–Crippen MR) is 142 cm³/mol. The Morgan fingerprint density at radius 1 is 0.914 bits per heavy atom. The SMILES string of the molecule is CCCCN(C)S(=O)(=O)c1ccc(Nc2ncc(Cl)c(-c3cccc(-c4ccccc4)c3)n2)cc1. The van der Waals surface area contributed by atoms with E-state index in [1.807, 2.05) is 49.4 Å². The topological polar surface area (TPSA) is 75.2 Å². The summed E-state index contributed by atoms with van der Waals surface area (Å²) in [5.74, 6) is 0.366. The second kappa shape index (κ2) is 11.0. The van der Waals surface area contributed by atoms with Crippen molar-refractivity contribution in [2.75, 3.05) is 18.9 Å². The Bertz CT molecular complexity index is 1390. The van der Waals surface area contributed by atoms with E-state index in [4.69, 9.17) is 11.6 Å². The Morgan fingerprint density at radius 3 is 2.31 bits per heavy atom. The van der Waals surface area contributed by atoms with E-state index < -0.39 is 10.0 Å². The fourth-order valence-electron chi connectivity index (χ4n) is 3.63. The molecule has 6 nitrogen and oxygen atoms in total. The van der Waals surface area contributed by atoms with Gasteiger partial charge in [0, 0.05) is 24.8 Å². The summed E-state index contributed by atoms with van der Waals surface area (Å²) in [6.07, 6.45) is 3.31. The van der Waals surface area contributed by atoms with Gasteiger partial charge in [-0.2, -0.15) is 0 Å². The minimum absolute atomic E-state index is 0.247. The molecule has 0 unspecified atom stereocenters. The van der Waals surface area contributed by atoms with Crippen LogP contribution in [-0.2, 0) is 10.0 Å². The van der Waals surface area contributed by atoms with Crippen LogP contribution in [0.15, 0.2) is 90.0 Å². The Balaban J connectivity index is 1.55. The van der Waals surface area contributed by atoms with Gasteiger partial charge in [0.1, 0.15) is 0 Å². The van der Waals surface area contributed by atoms with Crippen molar-refractivity contribution in [3.63, 3.8) is 0 Å². The van der Waals surface area contributed by atoms with Crippen LogP contribution in [0.5, 0.6) is 0 Å². The Morgan fingerprint density at radius 2 is 1.60 bits per heavy atom. The molecule has 1 aromatic heterocycles. The standard InChI is InChI=1S/C27H27ClN4O2S/c1-3-4-17-32(2)35(33,34)24-15-13-23(14-16-24)30-27-29-19-25(28)26(31-27)22-12-8-11-21(18-22)20-9-6-5-7-10-20/h5-16,18-19H,3-4,17H2,1-2H3,(H,29,30,31). The lowest BCUT2D eigenvalue weighted by Gasteiger charge is -2.17. The van der Waals surface area contributed by atoms with Crippen LogP contribution in [0.1, 0.15) is 19.8 Å². The molecule has 4 rings (SSSR count). The Labute approximate surface area is 211 Å². The molecule has 0 saturated carbocycles. The fraction of sp³-hybridized carbons (Fsp3) is 0.185. The van der Waals surface area contributed by atoms with E-state index in [0.717, 1.165) is 29.5 Å². The van der Waals surface area contributed by atoms with Gasteiger partial charge < -0.3 is 5.32 Å². The van der Waals surface area contributed by atoms with Crippen LogP contribution in [0, 0.1) is 0 Å². The molecular weight excluding hydrogens is 480 g/mol. The van der Waals surface area contributed by atoms with Crippen molar-refractivity contribution >= 4 is 33.3 Å². The van der Waals surface area contributed by atoms with Crippen LogP contribution < -0.4 is 5.32 Å². The molecule has 0 aliphatic rings. The van der Waals surface area contributed by atoms with Crippen molar-refractivity contribution in [1.82, 2.24) is 14.3 Å². The van der Waals surface area contributed by atoms with Gasteiger partial charge in [-0.25, -0.2) is 22.7 Å². The second-order valence-electron chi connectivity index (χ2n) is 8.17. The first-order valence-electron chi connectivity index (χ1n) is 11.4. The molecule has 0 radical (unpaired) electrons. The van der Waals surface area contributed by atoms with Crippen molar-refractivity contribution in [1.29, 1.82) is 0 Å². The molecule has 0 aliphatic heterocycles. The molecule has 0 saturated heterocycles.